The molecule has 0 amide bonds. The Morgan fingerprint density at radius 2 is 2.33 bits per heavy atom. The molecule has 0 spiro atoms. The van der Waals surface area contributed by atoms with Crippen LogP contribution in [0.25, 0.3) is 0 Å². The van der Waals surface area contributed by atoms with E-state index in [1.807, 2.05) is 19.1 Å². The first-order chi connectivity index (χ1) is 8.69. The number of phenolic OH excluding ortho intramolecular Hbond substituents is 1. The lowest BCUT2D eigenvalue weighted by Gasteiger charge is -2.32. The van der Waals surface area contributed by atoms with Crippen LogP contribution in [0.15, 0.2) is 22.7 Å². The second-order valence-corrected chi connectivity index (χ2v) is 5.64. The number of halogens is 1. The van der Waals surface area contributed by atoms with Crippen molar-refractivity contribution in [3.05, 3.63) is 28.2 Å². The largest absolute Gasteiger partial charge is 0.508 e. The monoisotopic (exact) mass is 313 g/mol. The van der Waals surface area contributed by atoms with Gasteiger partial charge in [-0.2, -0.15) is 0 Å². The van der Waals surface area contributed by atoms with E-state index in [0.29, 0.717) is 11.9 Å². The summed E-state index contributed by atoms with van der Waals surface area (Å²) in [6.45, 7) is 5.64. The van der Waals surface area contributed by atoms with Crippen LogP contribution in [0.1, 0.15) is 25.3 Å². The number of phenols is 1. The van der Waals surface area contributed by atoms with Crippen molar-refractivity contribution in [2.75, 3.05) is 19.7 Å². The van der Waals surface area contributed by atoms with Gasteiger partial charge in [0.1, 0.15) is 5.75 Å². The molecule has 1 aliphatic heterocycles. The minimum Gasteiger partial charge on any atom is -0.508 e. The normalized spacial score (nSPS) is 21.1. The molecule has 1 heterocycles. The van der Waals surface area contributed by atoms with Gasteiger partial charge in [0.15, 0.2) is 0 Å². The molecular weight excluding hydrogens is 294 g/mol. The van der Waals surface area contributed by atoms with Crippen LogP contribution >= 0.6 is 15.9 Å². The Morgan fingerprint density at radius 1 is 1.50 bits per heavy atom. The van der Waals surface area contributed by atoms with E-state index in [9.17, 15) is 5.11 Å². The summed E-state index contributed by atoms with van der Waals surface area (Å²) in [5, 5.41) is 9.86. The topological polar surface area (TPSA) is 32.7 Å². The second kappa shape index (κ2) is 6.55. The van der Waals surface area contributed by atoms with Crippen molar-refractivity contribution < 1.29 is 9.84 Å². The van der Waals surface area contributed by atoms with Crippen molar-refractivity contribution in [1.29, 1.82) is 0 Å². The molecule has 0 radical (unpaired) electrons. The highest BCUT2D eigenvalue weighted by molar-refractivity contribution is 9.10. The van der Waals surface area contributed by atoms with Crippen molar-refractivity contribution in [3.8, 4) is 5.75 Å². The minimum absolute atomic E-state index is 0.345. The van der Waals surface area contributed by atoms with Gasteiger partial charge in [-0.1, -0.05) is 15.9 Å². The number of ether oxygens (including phenoxy) is 1. The maximum absolute atomic E-state index is 9.86. The van der Waals surface area contributed by atoms with Crippen LogP contribution in [0.4, 0.5) is 0 Å². The molecule has 18 heavy (non-hydrogen) atoms. The predicted molar refractivity (Wildman–Crippen MR) is 75.7 cm³/mol. The SMILES string of the molecule is CCOC1CCCN(Cc2cc(Br)ccc2O)C1. The molecule has 0 saturated carbocycles. The van der Waals surface area contributed by atoms with Gasteiger partial charge in [0, 0.05) is 29.7 Å². The van der Waals surface area contributed by atoms with Gasteiger partial charge >= 0.3 is 0 Å². The summed E-state index contributed by atoms with van der Waals surface area (Å²) in [5.41, 5.74) is 0.974. The van der Waals surface area contributed by atoms with Crippen LogP contribution in [0.5, 0.6) is 5.75 Å². The second-order valence-electron chi connectivity index (χ2n) is 4.73. The fourth-order valence-corrected chi connectivity index (χ4v) is 2.86. The van der Waals surface area contributed by atoms with E-state index in [-0.39, 0.29) is 0 Å². The van der Waals surface area contributed by atoms with Gasteiger partial charge in [-0.15, -0.1) is 0 Å². The number of nitrogens with zero attached hydrogens (tertiary/aromatic N) is 1. The molecule has 4 heteroatoms. The average Bonchev–Trinajstić information content (AvgIpc) is 2.35. The third kappa shape index (κ3) is 3.70. The molecular formula is C14H20BrNO2. The maximum atomic E-state index is 9.86. The highest BCUT2D eigenvalue weighted by atomic mass is 79.9. The van der Waals surface area contributed by atoms with Gasteiger partial charge in [-0.05, 0) is 44.5 Å². The van der Waals surface area contributed by atoms with Crippen molar-refractivity contribution in [1.82, 2.24) is 4.90 Å². The van der Waals surface area contributed by atoms with Gasteiger partial charge in [-0.25, -0.2) is 0 Å². The van der Waals surface area contributed by atoms with Crippen molar-refractivity contribution in [2.45, 2.75) is 32.4 Å². The van der Waals surface area contributed by atoms with Gasteiger partial charge in [-0.3, -0.25) is 4.90 Å². The number of piperidine rings is 1. The van der Waals surface area contributed by atoms with Crippen LogP contribution in [0.3, 0.4) is 0 Å². The molecule has 1 atom stereocenters. The molecule has 0 bridgehead atoms. The van der Waals surface area contributed by atoms with Crippen LogP contribution < -0.4 is 0 Å². The van der Waals surface area contributed by atoms with Gasteiger partial charge in [0.05, 0.1) is 6.10 Å². The molecule has 1 saturated heterocycles. The number of aromatic hydroxyl groups is 1. The number of hydrogen-bond donors (Lipinski definition) is 1. The Balaban J connectivity index is 1.98. The van der Waals surface area contributed by atoms with Gasteiger partial charge < -0.3 is 9.84 Å². The summed E-state index contributed by atoms with van der Waals surface area (Å²) in [5.74, 6) is 0.372. The lowest BCUT2D eigenvalue weighted by molar-refractivity contribution is 0.00346. The molecule has 100 valence electrons. The summed E-state index contributed by atoms with van der Waals surface area (Å²) in [6.07, 6.45) is 2.66. The average molecular weight is 314 g/mol. The molecule has 3 nitrogen and oxygen atoms in total. The number of rotatable bonds is 4. The van der Waals surface area contributed by atoms with E-state index >= 15 is 0 Å². The Bertz CT molecular complexity index is 395. The quantitative estimate of drug-likeness (QED) is 0.927. The Kier molecular flexibility index (Phi) is 5.03. The van der Waals surface area contributed by atoms with E-state index in [1.165, 1.54) is 6.42 Å². The standard InChI is InChI=1S/C14H20BrNO2/c1-2-18-13-4-3-7-16(10-13)9-11-8-12(15)5-6-14(11)17/h5-6,8,13,17H,2-4,7,9-10H2,1H3. The molecule has 0 aromatic heterocycles. The summed E-state index contributed by atoms with van der Waals surface area (Å²) in [4.78, 5) is 2.35. The smallest absolute Gasteiger partial charge is 0.120 e. The van der Waals surface area contributed by atoms with Crippen LogP contribution in [0, 0.1) is 0 Å². The summed E-state index contributed by atoms with van der Waals surface area (Å²) in [7, 11) is 0. The summed E-state index contributed by atoms with van der Waals surface area (Å²) in [6, 6.07) is 5.58. The molecule has 1 N–H and O–H groups in total. The van der Waals surface area contributed by atoms with E-state index < -0.39 is 0 Å². The fraction of sp³-hybridized carbons (Fsp3) is 0.571. The van der Waals surface area contributed by atoms with Crippen LogP contribution in [-0.2, 0) is 11.3 Å². The molecule has 1 fully saturated rings. The molecule has 1 unspecified atom stereocenters. The third-order valence-electron chi connectivity index (χ3n) is 3.30. The highest BCUT2D eigenvalue weighted by Crippen LogP contribution is 2.24. The van der Waals surface area contributed by atoms with Gasteiger partial charge in [0.25, 0.3) is 0 Å². The lowest BCUT2D eigenvalue weighted by Crippen LogP contribution is -2.39. The highest BCUT2D eigenvalue weighted by Gasteiger charge is 2.20. The lowest BCUT2D eigenvalue weighted by atomic mass is 10.1. The summed E-state index contributed by atoms with van der Waals surface area (Å²) < 4.78 is 6.70. The first-order valence-corrected chi connectivity index (χ1v) is 7.29. The first kappa shape index (κ1) is 13.8. The third-order valence-corrected chi connectivity index (χ3v) is 3.79. The van der Waals surface area contributed by atoms with Gasteiger partial charge in [0.2, 0.25) is 0 Å². The van der Waals surface area contributed by atoms with E-state index in [4.69, 9.17) is 4.74 Å². The zero-order chi connectivity index (χ0) is 13.0. The predicted octanol–water partition coefficient (Wildman–Crippen LogP) is 3.16. The van der Waals surface area contributed by atoms with Crippen LogP contribution in [-0.4, -0.2) is 35.8 Å². The van der Waals surface area contributed by atoms with Crippen molar-refractivity contribution >= 4 is 15.9 Å². The maximum Gasteiger partial charge on any atom is 0.120 e. The van der Waals surface area contributed by atoms with E-state index in [1.54, 1.807) is 6.07 Å². The zero-order valence-electron chi connectivity index (χ0n) is 10.7. The molecule has 0 aliphatic carbocycles. The number of benzene rings is 1. The van der Waals surface area contributed by atoms with E-state index in [0.717, 1.165) is 42.7 Å². The Morgan fingerprint density at radius 3 is 3.11 bits per heavy atom. The fourth-order valence-electron chi connectivity index (χ4n) is 2.45. The summed E-state index contributed by atoms with van der Waals surface area (Å²) >= 11 is 3.44. The molecule has 2 rings (SSSR count). The Hall–Kier alpha value is -0.580. The Labute approximate surface area is 117 Å². The molecule has 1 aromatic rings. The van der Waals surface area contributed by atoms with Crippen molar-refractivity contribution in [3.63, 3.8) is 0 Å². The first-order valence-electron chi connectivity index (χ1n) is 6.50. The molecule has 1 aliphatic rings. The molecule has 1 aromatic carbocycles. The minimum atomic E-state index is 0.345. The van der Waals surface area contributed by atoms with E-state index in [2.05, 4.69) is 20.8 Å². The van der Waals surface area contributed by atoms with Crippen molar-refractivity contribution in [2.24, 2.45) is 0 Å². The number of hydrogen-bond acceptors (Lipinski definition) is 3. The zero-order valence-corrected chi connectivity index (χ0v) is 12.3. The number of likely N-dealkylation sites (tertiary alicyclic amines) is 1. The van der Waals surface area contributed by atoms with Crippen LogP contribution in [0.2, 0.25) is 0 Å².